The molecular weight excluding hydrogens is 589 g/mol. The molecule has 49 heavy (non-hydrogen) atoms. The van der Waals surface area contributed by atoms with Crippen molar-refractivity contribution in [2.45, 2.75) is 6.92 Å². The van der Waals surface area contributed by atoms with Crippen LogP contribution in [0.2, 0.25) is 0 Å². The highest BCUT2D eigenvalue weighted by Crippen LogP contribution is 2.48. The first-order valence-electron chi connectivity index (χ1n) is 17.3. The molecule has 0 fully saturated rings. The summed E-state index contributed by atoms with van der Waals surface area (Å²) in [6, 6.07) is 57.6. The molecule has 0 atom stereocenters. The summed E-state index contributed by atoms with van der Waals surface area (Å²) in [6.07, 6.45) is 0. The summed E-state index contributed by atoms with van der Waals surface area (Å²) >= 11 is 0. The maximum atomic E-state index is 2.43. The lowest BCUT2D eigenvalue weighted by atomic mass is 9.83. The quantitative estimate of drug-likeness (QED) is 0.170. The van der Waals surface area contributed by atoms with E-state index in [1.165, 1.54) is 125 Å². The van der Waals surface area contributed by atoms with Crippen molar-refractivity contribution in [3.05, 3.63) is 157 Å². The van der Waals surface area contributed by atoms with E-state index in [1.54, 1.807) is 0 Å². The lowest BCUT2D eigenvalue weighted by Gasteiger charge is -2.20. The smallest absolute Gasteiger partial charge is 0.00177 e. The van der Waals surface area contributed by atoms with Gasteiger partial charge in [0.25, 0.3) is 0 Å². The van der Waals surface area contributed by atoms with Crippen LogP contribution in [0.5, 0.6) is 0 Å². The Hall–Kier alpha value is -6.24. The van der Waals surface area contributed by atoms with Gasteiger partial charge in [-0.3, -0.25) is 0 Å². The summed E-state index contributed by atoms with van der Waals surface area (Å²) in [4.78, 5) is 0. The van der Waals surface area contributed by atoms with Gasteiger partial charge in [-0.15, -0.1) is 0 Å². The summed E-state index contributed by atoms with van der Waals surface area (Å²) in [6.45, 7) is 2.28. The van der Waals surface area contributed by atoms with Gasteiger partial charge in [0, 0.05) is 0 Å². The van der Waals surface area contributed by atoms with Crippen molar-refractivity contribution >= 4 is 97.0 Å². The molecule has 224 valence electrons. The van der Waals surface area contributed by atoms with Crippen molar-refractivity contribution in [3.63, 3.8) is 0 Å². The maximum Gasteiger partial charge on any atom is -0.00177 e. The van der Waals surface area contributed by atoms with Gasteiger partial charge in [-0.25, -0.2) is 0 Å². The van der Waals surface area contributed by atoms with Crippen LogP contribution >= 0.6 is 0 Å². The van der Waals surface area contributed by atoms with Crippen LogP contribution in [0.4, 0.5) is 0 Å². The minimum atomic E-state index is 1.29. The second-order valence-electron chi connectivity index (χ2n) is 14.0. The summed E-state index contributed by atoms with van der Waals surface area (Å²) in [5, 5.41) is 23.9. The van der Waals surface area contributed by atoms with Gasteiger partial charge in [0.2, 0.25) is 0 Å². The molecule has 12 rings (SSSR count). The van der Waals surface area contributed by atoms with Crippen molar-refractivity contribution < 1.29 is 0 Å². The number of hydrogen-bond donors (Lipinski definition) is 0. The zero-order valence-electron chi connectivity index (χ0n) is 26.9. The van der Waals surface area contributed by atoms with E-state index in [0.717, 1.165) is 0 Å². The number of rotatable bonds is 2. The molecule has 0 heterocycles. The molecule has 0 N–H and O–H groups in total. The van der Waals surface area contributed by atoms with E-state index < -0.39 is 0 Å². The van der Waals surface area contributed by atoms with Crippen LogP contribution in [-0.2, 0) is 0 Å². The molecule has 0 amide bonds. The molecule has 0 aliphatic heterocycles. The Kier molecular flexibility index (Phi) is 4.74. The van der Waals surface area contributed by atoms with E-state index in [2.05, 4.69) is 159 Å². The van der Waals surface area contributed by atoms with Crippen LogP contribution in [0.25, 0.3) is 119 Å². The third kappa shape index (κ3) is 3.24. The van der Waals surface area contributed by atoms with Gasteiger partial charge in [0.05, 0.1) is 0 Å². The first-order chi connectivity index (χ1) is 24.2. The summed E-state index contributed by atoms with van der Waals surface area (Å²) in [5.74, 6) is 0. The van der Waals surface area contributed by atoms with E-state index >= 15 is 0 Å². The normalized spacial score (nSPS) is 12.6. The molecule has 0 aliphatic rings. The second kappa shape index (κ2) is 9.01. The van der Waals surface area contributed by atoms with E-state index in [4.69, 9.17) is 0 Å². The molecule has 12 aromatic rings. The lowest BCUT2D eigenvalue weighted by molar-refractivity contribution is 1.54. The van der Waals surface area contributed by atoms with Gasteiger partial charge in [0.1, 0.15) is 0 Å². The Labute approximate surface area is 282 Å². The minimum Gasteiger partial charge on any atom is -0.0610 e. The largest absolute Gasteiger partial charge is 0.0610 e. The summed E-state index contributed by atoms with van der Waals surface area (Å²) in [7, 11) is 0. The molecule has 0 unspecified atom stereocenters. The molecule has 0 nitrogen and oxygen atoms in total. The zero-order chi connectivity index (χ0) is 32.0. The first kappa shape index (κ1) is 25.8. The summed E-state index contributed by atoms with van der Waals surface area (Å²) in [5.41, 5.74) is 6.53. The molecule has 12 aromatic carbocycles. The van der Waals surface area contributed by atoms with Crippen LogP contribution in [0.15, 0.2) is 152 Å². The van der Waals surface area contributed by atoms with Crippen molar-refractivity contribution in [2.75, 3.05) is 0 Å². The van der Waals surface area contributed by atoms with Gasteiger partial charge in [0.15, 0.2) is 0 Å². The predicted molar refractivity (Wildman–Crippen MR) is 213 cm³/mol. The Morgan fingerprint density at radius 3 is 1.02 bits per heavy atom. The molecule has 0 aliphatic carbocycles. The number of aryl methyl sites for hydroxylation is 1. The van der Waals surface area contributed by atoms with Crippen molar-refractivity contribution in [1.82, 2.24) is 0 Å². The average Bonchev–Trinajstić information content (AvgIpc) is 3.15. The van der Waals surface area contributed by atoms with Gasteiger partial charge >= 0.3 is 0 Å². The van der Waals surface area contributed by atoms with E-state index in [0.29, 0.717) is 0 Å². The van der Waals surface area contributed by atoms with E-state index in [9.17, 15) is 0 Å². The monoisotopic (exact) mass is 616 g/mol. The van der Waals surface area contributed by atoms with Crippen LogP contribution in [0, 0.1) is 6.92 Å². The topological polar surface area (TPSA) is 0 Å². The van der Waals surface area contributed by atoms with E-state index in [-0.39, 0.29) is 0 Å². The van der Waals surface area contributed by atoms with Gasteiger partial charge < -0.3 is 0 Å². The molecule has 0 radical (unpaired) electrons. The number of hydrogen-bond acceptors (Lipinski definition) is 0. The molecule has 0 heteroatoms. The second-order valence-corrected chi connectivity index (χ2v) is 14.0. The summed E-state index contributed by atoms with van der Waals surface area (Å²) < 4.78 is 0. The van der Waals surface area contributed by atoms with Crippen LogP contribution in [-0.4, -0.2) is 0 Å². The Morgan fingerprint density at radius 2 is 0.551 bits per heavy atom. The molecule has 0 aromatic heterocycles. The fourth-order valence-corrected chi connectivity index (χ4v) is 9.47. The number of benzene rings is 12. The molecular formula is C49H28. The third-order valence-corrected chi connectivity index (χ3v) is 11.6. The highest BCUT2D eigenvalue weighted by atomic mass is 14.2. The Bertz CT molecular complexity index is 3290. The standard InChI is InChI=1S/C49H28/c1-27-26-43(38-20-14-33-11-9-29-5-3-7-31-16-22-40(38)47(33)45(29)31)42-23-17-34-13-19-37(41-25-24-35(27)49(42)48(34)41)36-18-12-32-10-8-28-4-2-6-30-15-21-39(36)46(32)44(28)30/h2-26H,1H3. The fraction of sp³-hybridized carbons (Fsp3) is 0.0204. The average molecular weight is 617 g/mol. The molecule has 0 spiro atoms. The van der Waals surface area contributed by atoms with Crippen LogP contribution in [0.1, 0.15) is 5.56 Å². The molecule has 0 saturated heterocycles. The highest BCUT2D eigenvalue weighted by molar-refractivity contribution is 6.32. The predicted octanol–water partition coefficient (Wildman–Crippen LogP) is 14.0. The maximum absolute atomic E-state index is 2.43. The Morgan fingerprint density at radius 1 is 0.245 bits per heavy atom. The zero-order valence-corrected chi connectivity index (χ0v) is 26.9. The van der Waals surface area contributed by atoms with Gasteiger partial charge in [-0.2, -0.15) is 0 Å². The SMILES string of the molecule is Cc1cc(-c2ccc3ccc4cccc5ccc2c3c45)c2ccc3ccc(-c4ccc5ccc6cccc7ccc4c5c67)c4ccc1c2c34. The van der Waals surface area contributed by atoms with Crippen LogP contribution < -0.4 is 0 Å². The fourth-order valence-electron chi connectivity index (χ4n) is 9.47. The highest BCUT2D eigenvalue weighted by Gasteiger charge is 2.20. The van der Waals surface area contributed by atoms with E-state index in [1.807, 2.05) is 0 Å². The van der Waals surface area contributed by atoms with Crippen LogP contribution in [0.3, 0.4) is 0 Å². The minimum absolute atomic E-state index is 1.29. The van der Waals surface area contributed by atoms with Gasteiger partial charge in [-0.05, 0) is 132 Å². The van der Waals surface area contributed by atoms with Crippen molar-refractivity contribution in [2.24, 2.45) is 0 Å². The lowest BCUT2D eigenvalue weighted by Crippen LogP contribution is -1.93. The first-order valence-corrected chi connectivity index (χ1v) is 17.3. The van der Waals surface area contributed by atoms with Crippen molar-refractivity contribution in [3.8, 4) is 22.3 Å². The van der Waals surface area contributed by atoms with Gasteiger partial charge in [-0.1, -0.05) is 152 Å². The molecule has 0 saturated carbocycles. The molecule has 0 bridgehead atoms. The third-order valence-electron chi connectivity index (χ3n) is 11.6. The Balaban J connectivity index is 1.18. The van der Waals surface area contributed by atoms with Crippen molar-refractivity contribution in [1.29, 1.82) is 0 Å².